The number of carboxylic acid groups (broad SMARTS) is 1. The fraction of sp³-hybridized carbons (Fsp3) is 0.333. The number of nitrogens with zero attached hydrogens (tertiary/aromatic N) is 2. The van der Waals surface area contributed by atoms with Gasteiger partial charge in [0.05, 0.1) is 12.1 Å². The number of hydrogen-bond donors (Lipinski definition) is 1. The number of carboxylic acids is 1. The van der Waals surface area contributed by atoms with Gasteiger partial charge in [0.25, 0.3) is 0 Å². The summed E-state index contributed by atoms with van der Waals surface area (Å²) in [5, 5.41) is 8.77. The van der Waals surface area contributed by atoms with Crippen molar-refractivity contribution in [3.63, 3.8) is 0 Å². The van der Waals surface area contributed by atoms with Gasteiger partial charge in [-0.1, -0.05) is 0 Å². The van der Waals surface area contributed by atoms with Crippen LogP contribution in [-0.2, 0) is 0 Å². The van der Waals surface area contributed by atoms with Crippen molar-refractivity contribution in [3.8, 4) is 5.88 Å². The Morgan fingerprint density at radius 2 is 2.50 bits per heavy atom. The standard InChI is InChI=1S/C9H10N2O3/c1-11-2-3-14-8-7(11)4-6(5-10-8)9(12)13/h4-5H,2-3H2,1H3,(H,12,13). The zero-order valence-electron chi connectivity index (χ0n) is 7.73. The number of carbonyl (C=O) groups is 1. The number of ether oxygens (including phenoxy) is 1. The molecule has 0 saturated heterocycles. The first kappa shape index (κ1) is 8.80. The molecule has 0 atom stereocenters. The summed E-state index contributed by atoms with van der Waals surface area (Å²) in [5.41, 5.74) is 0.914. The molecule has 0 radical (unpaired) electrons. The van der Waals surface area contributed by atoms with Gasteiger partial charge in [0, 0.05) is 13.2 Å². The minimum absolute atomic E-state index is 0.182. The SMILES string of the molecule is CN1CCOc2ncc(C(=O)O)cc21. The van der Waals surface area contributed by atoms with Gasteiger partial charge in [-0.05, 0) is 6.07 Å². The van der Waals surface area contributed by atoms with Crippen LogP contribution in [0.4, 0.5) is 5.69 Å². The van der Waals surface area contributed by atoms with Crippen molar-refractivity contribution in [3.05, 3.63) is 17.8 Å². The lowest BCUT2D eigenvalue weighted by atomic mass is 10.2. The van der Waals surface area contributed by atoms with Crippen LogP contribution in [0.25, 0.3) is 0 Å². The molecule has 0 aromatic carbocycles. The molecule has 5 heteroatoms. The van der Waals surface area contributed by atoms with Crippen LogP contribution in [0, 0.1) is 0 Å². The van der Waals surface area contributed by atoms with Gasteiger partial charge in [-0.15, -0.1) is 0 Å². The Hall–Kier alpha value is -1.78. The maximum Gasteiger partial charge on any atom is 0.337 e. The molecular weight excluding hydrogens is 184 g/mol. The zero-order valence-corrected chi connectivity index (χ0v) is 7.73. The fourth-order valence-electron chi connectivity index (χ4n) is 1.34. The third-order valence-electron chi connectivity index (χ3n) is 2.16. The second-order valence-corrected chi connectivity index (χ2v) is 3.12. The molecule has 0 aliphatic carbocycles. The van der Waals surface area contributed by atoms with Gasteiger partial charge in [-0.25, -0.2) is 9.78 Å². The Bertz CT molecular complexity index is 378. The van der Waals surface area contributed by atoms with Crippen LogP contribution < -0.4 is 9.64 Å². The lowest BCUT2D eigenvalue weighted by molar-refractivity contribution is 0.0696. The Labute approximate surface area is 80.9 Å². The number of likely N-dealkylation sites (N-methyl/N-ethyl adjacent to an activating group) is 1. The van der Waals surface area contributed by atoms with Crippen LogP contribution >= 0.6 is 0 Å². The van der Waals surface area contributed by atoms with Crippen LogP contribution in [0.5, 0.6) is 5.88 Å². The van der Waals surface area contributed by atoms with Gasteiger partial charge < -0.3 is 14.7 Å². The van der Waals surface area contributed by atoms with Crippen LogP contribution in [0.15, 0.2) is 12.3 Å². The van der Waals surface area contributed by atoms with Crippen LogP contribution in [0.3, 0.4) is 0 Å². The number of aromatic nitrogens is 1. The normalized spacial score (nSPS) is 14.5. The maximum atomic E-state index is 10.7. The van der Waals surface area contributed by atoms with Crippen LogP contribution in [0.2, 0.25) is 0 Å². The number of hydrogen-bond acceptors (Lipinski definition) is 4. The second kappa shape index (κ2) is 3.17. The van der Waals surface area contributed by atoms with Crippen molar-refractivity contribution in [1.29, 1.82) is 0 Å². The van der Waals surface area contributed by atoms with E-state index in [1.807, 2.05) is 11.9 Å². The minimum Gasteiger partial charge on any atom is -0.478 e. The van der Waals surface area contributed by atoms with E-state index in [4.69, 9.17) is 9.84 Å². The van der Waals surface area contributed by atoms with Crippen molar-refractivity contribution in [2.24, 2.45) is 0 Å². The van der Waals surface area contributed by atoms with E-state index in [9.17, 15) is 4.79 Å². The summed E-state index contributed by atoms with van der Waals surface area (Å²) in [6.45, 7) is 1.33. The Balaban J connectivity index is 2.45. The molecule has 0 spiro atoms. The molecule has 2 heterocycles. The summed E-state index contributed by atoms with van der Waals surface area (Å²) in [6.07, 6.45) is 1.31. The third-order valence-corrected chi connectivity index (χ3v) is 2.16. The molecule has 0 amide bonds. The minimum atomic E-state index is -0.973. The van der Waals surface area contributed by atoms with E-state index in [-0.39, 0.29) is 5.56 Å². The van der Waals surface area contributed by atoms with Crippen molar-refractivity contribution < 1.29 is 14.6 Å². The third kappa shape index (κ3) is 1.37. The lowest BCUT2D eigenvalue weighted by Gasteiger charge is -2.26. The molecule has 1 aromatic rings. The summed E-state index contributed by atoms with van der Waals surface area (Å²) in [5.74, 6) is -0.469. The number of rotatable bonds is 1. The molecule has 5 nitrogen and oxygen atoms in total. The Morgan fingerprint density at radius 1 is 1.71 bits per heavy atom. The fourth-order valence-corrected chi connectivity index (χ4v) is 1.34. The van der Waals surface area contributed by atoms with Crippen molar-refractivity contribution in [2.45, 2.75) is 0 Å². The molecule has 0 fully saturated rings. The molecular formula is C9H10N2O3. The average molecular weight is 194 g/mol. The van der Waals surface area contributed by atoms with Gasteiger partial charge in [0.2, 0.25) is 5.88 Å². The lowest BCUT2D eigenvalue weighted by Crippen LogP contribution is -2.29. The second-order valence-electron chi connectivity index (χ2n) is 3.12. The Morgan fingerprint density at radius 3 is 3.21 bits per heavy atom. The van der Waals surface area contributed by atoms with E-state index >= 15 is 0 Å². The van der Waals surface area contributed by atoms with E-state index in [1.165, 1.54) is 6.20 Å². The highest BCUT2D eigenvalue weighted by atomic mass is 16.5. The summed E-state index contributed by atoms with van der Waals surface area (Å²) in [4.78, 5) is 16.6. The molecule has 1 aromatic heterocycles. The van der Waals surface area contributed by atoms with Crippen molar-refractivity contribution >= 4 is 11.7 Å². The predicted octanol–water partition coefficient (Wildman–Crippen LogP) is 0.608. The first-order chi connectivity index (χ1) is 6.68. The molecule has 74 valence electrons. The number of fused-ring (bicyclic) bond motifs is 1. The summed E-state index contributed by atoms with van der Waals surface area (Å²) in [6, 6.07) is 1.57. The highest BCUT2D eigenvalue weighted by Gasteiger charge is 2.18. The predicted molar refractivity (Wildman–Crippen MR) is 50.0 cm³/mol. The van der Waals surface area contributed by atoms with Gasteiger partial charge in [-0.3, -0.25) is 0 Å². The monoisotopic (exact) mass is 194 g/mol. The quantitative estimate of drug-likeness (QED) is 0.709. The highest BCUT2D eigenvalue weighted by Crippen LogP contribution is 2.28. The van der Waals surface area contributed by atoms with E-state index < -0.39 is 5.97 Å². The number of pyridine rings is 1. The molecule has 1 aliphatic rings. The average Bonchev–Trinajstić information content (AvgIpc) is 2.18. The molecule has 1 N–H and O–H groups in total. The summed E-state index contributed by atoms with van der Waals surface area (Å²) < 4.78 is 5.28. The first-order valence-corrected chi connectivity index (χ1v) is 4.26. The molecule has 0 saturated carbocycles. The van der Waals surface area contributed by atoms with E-state index in [1.54, 1.807) is 6.07 Å². The largest absolute Gasteiger partial charge is 0.478 e. The number of aromatic carboxylic acids is 1. The van der Waals surface area contributed by atoms with Crippen LogP contribution in [0.1, 0.15) is 10.4 Å². The van der Waals surface area contributed by atoms with Crippen molar-refractivity contribution in [2.75, 3.05) is 25.1 Å². The Kier molecular flexibility index (Phi) is 1.99. The maximum absolute atomic E-state index is 10.7. The van der Waals surface area contributed by atoms with E-state index in [2.05, 4.69) is 4.98 Å². The van der Waals surface area contributed by atoms with Crippen LogP contribution in [-0.4, -0.2) is 36.3 Å². The smallest absolute Gasteiger partial charge is 0.337 e. The molecule has 0 bridgehead atoms. The van der Waals surface area contributed by atoms with Gasteiger partial charge in [0.15, 0.2) is 0 Å². The van der Waals surface area contributed by atoms with Gasteiger partial charge in [0.1, 0.15) is 12.3 Å². The topological polar surface area (TPSA) is 62.7 Å². The molecule has 2 rings (SSSR count). The molecule has 14 heavy (non-hydrogen) atoms. The zero-order chi connectivity index (χ0) is 10.1. The molecule has 1 aliphatic heterocycles. The first-order valence-electron chi connectivity index (χ1n) is 4.26. The number of anilines is 1. The van der Waals surface area contributed by atoms with Gasteiger partial charge in [-0.2, -0.15) is 0 Å². The molecule has 0 unspecified atom stereocenters. The summed E-state index contributed by atoms with van der Waals surface area (Å²) in [7, 11) is 1.88. The highest BCUT2D eigenvalue weighted by molar-refractivity contribution is 5.88. The van der Waals surface area contributed by atoms with E-state index in [0.717, 1.165) is 12.2 Å². The van der Waals surface area contributed by atoms with E-state index in [0.29, 0.717) is 12.5 Å². The summed E-state index contributed by atoms with van der Waals surface area (Å²) >= 11 is 0. The van der Waals surface area contributed by atoms with Gasteiger partial charge >= 0.3 is 5.97 Å². The van der Waals surface area contributed by atoms with Crippen molar-refractivity contribution in [1.82, 2.24) is 4.98 Å².